The Hall–Kier alpha value is -0.620. The number of sulfonamides is 1. The fraction of sp³-hybridized carbons (Fsp3) is 0.909. The predicted molar refractivity (Wildman–Crippen MR) is 63.1 cm³/mol. The van der Waals surface area contributed by atoms with Gasteiger partial charge in [0.05, 0.1) is 5.75 Å². The zero-order chi connectivity index (χ0) is 12.7. The highest BCUT2D eigenvalue weighted by Gasteiger charge is 2.47. The van der Waals surface area contributed by atoms with Crippen LogP contribution in [0.4, 0.5) is 0 Å². The average Bonchev–Trinajstić information content (AvgIpc) is 2.74. The first-order valence-corrected chi connectivity index (χ1v) is 7.60. The highest BCUT2D eigenvalue weighted by Crippen LogP contribution is 2.54. The monoisotopic (exact) mass is 261 g/mol. The summed E-state index contributed by atoms with van der Waals surface area (Å²) in [4.78, 5) is 10.5. The molecule has 5 nitrogen and oxygen atoms in total. The highest BCUT2D eigenvalue weighted by atomic mass is 32.2. The van der Waals surface area contributed by atoms with Crippen LogP contribution in [0.25, 0.3) is 0 Å². The molecule has 2 aliphatic rings. The smallest absolute Gasteiger partial charge is 0.318 e. The highest BCUT2D eigenvalue weighted by molar-refractivity contribution is 7.89. The molecule has 0 amide bonds. The van der Waals surface area contributed by atoms with Gasteiger partial charge in [0.1, 0.15) is 6.54 Å². The molecule has 0 aromatic rings. The van der Waals surface area contributed by atoms with Gasteiger partial charge in [-0.05, 0) is 43.4 Å². The van der Waals surface area contributed by atoms with E-state index in [0.29, 0.717) is 5.92 Å². The molecule has 2 bridgehead atoms. The number of fused-ring (bicyclic) bond motifs is 2. The van der Waals surface area contributed by atoms with Crippen molar-refractivity contribution in [3.63, 3.8) is 0 Å². The van der Waals surface area contributed by atoms with Crippen molar-refractivity contribution in [2.45, 2.75) is 32.1 Å². The van der Waals surface area contributed by atoms with Crippen molar-refractivity contribution in [3.8, 4) is 0 Å². The lowest BCUT2D eigenvalue weighted by atomic mass is 9.87. The number of hydrogen-bond donors (Lipinski definition) is 1. The summed E-state index contributed by atoms with van der Waals surface area (Å²) >= 11 is 0. The lowest BCUT2D eigenvalue weighted by Crippen LogP contribution is -2.38. The number of carboxylic acids is 1. The number of carbonyl (C=O) groups is 1. The summed E-state index contributed by atoms with van der Waals surface area (Å²) < 4.78 is 25.1. The minimum absolute atomic E-state index is 0.0593. The molecule has 2 rings (SSSR count). The minimum atomic E-state index is -3.43. The van der Waals surface area contributed by atoms with Gasteiger partial charge < -0.3 is 5.11 Å². The average molecular weight is 261 g/mol. The van der Waals surface area contributed by atoms with Gasteiger partial charge in [0.25, 0.3) is 0 Å². The van der Waals surface area contributed by atoms with Crippen molar-refractivity contribution in [1.29, 1.82) is 0 Å². The Morgan fingerprint density at radius 1 is 1.41 bits per heavy atom. The molecule has 0 atom stereocenters. The number of rotatable bonds is 5. The Morgan fingerprint density at radius 2 is 2.00 bits per heavy atom. The fourth-order valence-corrected chi connectivity index (χ4v) is 5.01. The van der Waals surface area contributed by atoms with Crippen LogP contribution < -0.4 is 0 Å². The first kappa shape index (κ1) is 12.8. The van der Waals surface area contributed by atoms with Crippen LogP contribution in [0.15, 0.2) is 0 Å². The van der Waals surface area contributed by atoms with Gasteiger partial charge in [-0.3, -0.25) is 4.79 Å². The quantitative estimate of drug-likeness (QED) is 0.798. The molecule has 0 aromatic carbocycles. The van der Waals surface area contributed by atoms with Gasteiger partial charge in [-0.1, -0.05) is 0 Å². The van der Waals surface area contributed by atoms with Crippen molar-refractivity contribution < 1.29 is 18.3 Å². The maximum atomic E-state index is 12.1. The van der Waals surface area contributed by atoms with E-state index < -0.39 is 22.5 Å². The van der Waals surface area contributed by atoms with Crippen LogP contribution in [0.2, 0.25) is 0 Å². The van der Waals surface area contributed by atoms with E-state index >= 15 is 0 Å². The molecule has 17 heavy (non-hydrogen) atoms. The molecule has 0 radical (unpaired) electrons. The van der Waals surface area contributed by atoms with Crippen LogP contribution in [0, 0.1) is 11.3 Å². The summed E-state index contributed by atoms with van der Waals surface area (Å²) in [5, 5.41) is 8.63. The van der Waals surface area contributed by atoms with Crippen LogP contribution >= 0.6 is 0 Å². The lowest BCUT2D eigenvalue weighted by molar-refractivity contribution is -0.137. The second-order valence-corrected chi connectivity index (χ2v) is 7.63. The molecule has 0 spiro atoms. The molecule has 2 fully saturated rings. The van der Waals surface area contributed by atoms with Gasteiger partial charge in [-0.2, -0.15) is 4.31 Å². The Kier molecular flexibility index (Phi) is 3.20. The maximum Gasteiger partial charge on any atom is 0.318 e. The molecule has 0 aromatic heterocycles. The van der Waals surface area contributed by atoms with Crippen molar-refractivity contribution in [3.05, 3.63) is 0 Å². The van der Waals surface area contributed by atoms with Crippen molar-refractivity contribution in [2.75, 3.05) is 19.3 Å². The van der Waals surface area contributed by atoms with E-state index in [0.717, 1.165) is 36.4 Å². The van der Waals surface area contributed by atoms with Crippen LogP contribution in [0.3, 0.4) is 0 Å². The standard InChI is InChI=1S/C11H19NO4S/c1-12(7-10(13)14)17(15,16)8-11-4-2-9(6-11)3-5-11/h9H,2-8H2,1H3,(H,13,14). The van der Waals surface area contributed by atoms with Gasteiger partial charge in [0, 0.05) is 7.05 Å². The van der Waals surface area contributed by atoms with E-state index in [1.54, 1.807) is 0 Å². The number of likely N-dealkylation sites (N-methyl/N-ethyl adjacent to an activating group) is 1. The van der Waals surface area contributed by atoms with Gasteiger partial charge in [0.2, 0.25) is 10.0 Å². The molecule has 0 heterocycles. The van der Waals surface area contributed by atoms with E-state index in [1.807, 2.05) is 0 Å². The van der Waals surface area contributed by atoms with Crippen molar-refractivity contribution in [2.24, 2.45) is 11.3 Å². The molecule has 98 valence electrons. The summed E-state index contributed by atoms with van der Waals surface area (Å²) in [7, 11) is -2.08. The predicted octanol–water partition coefficient (Wildman–Crippen LogP) is 0.913. The summed E-state index contributed by atoms with van der Waals surface area (Å²) in [6.07, 6.45) is 5.25. The molecule has 0 aliphatic heterocycles. The molecule has 2 aliphatic carbocycles. The third-order valence-electron chi connectivity index (χ3n) is 4.21. The number of aliphatic carboxylic acids is 1. The summed E-state index contributed by atoms with van der Waals surface area (Å²) in [5.74, 6) is -0.278. The largest absolute Gasteiger partial charge is 0.480 e. The Morgan fingerprint density at radius 3 is 2.41 bits per heavy atom. The maximum absolute atomic E-state index is 12.1. The molecule has 2 saturated carbocycles. The number of carboxylic acid groups (broad SMARTS) is 1. The SMILES string of the molecule is CN(CC(=O)O)S(=O)(=O)CC12CCC(CC1)C2. The first-order chi connectivity index (χ1) is 7.83. The Bertz CT molecular complexity index is 409. The summed E-state index contributed by atoms with van der Waals surface area (Å²) in [6.45, 7) is -0.443. The topological polar surface area (TPSA) is 74.7 Å². The molecular weight excluding hydrogens is 242 g/mol. The molecular formula is C11H19NO4S. The van der Waals surface area contributed by atoms with E-state index in [9.17, 15) is 13.2 Å². The molecule has 1 N–H and O–H groups in total. The van der Waals surface area contributed by atoms with E-state index in [1.165, 1.54) is 7.05 Å². The van der Waals surface area contributed by atoms with E-state index in [-0.39, 0.29) is 11.2 Å². The third-order valence-corrected chi connectivity index (χ3v) is 6.26. The van der Waals surface area contributed by atoms with Gasteiger partial charge in [0.15, 0.2) is 0 Å². The molecule has 6 heteroatoms. The van der Waals surface area contributed by atoms with Gasteiger partial charge in [-0.25, -0.2) is 8.42 Å². The lowest BCUT2D eigenvalue weighted by Gasteiger charge is -2.28. The van der Waals surface area contributed by atoms with Gasteiger partial charge in [-0.15, -0.1) is 0 Å². The Labute approximate surface area is 102 Å². The van der Waals surface area contributed by atoms with E-state index in [2.05, 4.69) is 0 Å². The van der Waals surface area contributed by atoms with E-state index in [4.69, 9.17) is 5.11 Å². The van der Waals surface area contributed by atoms with Crippen LogP contribution in [-0.4, -0.2) is 43.1 Å². The summed E-state index contributed by atoms with van der Waals surface area (Å²) in [5.41, 5.74) is -0.0593. The zero-order valence-electron chi connectivity index (χ0n) is 10.1. The van der Waals surface area contributed by atoms with Crippen molar-refractivity contribution in [1.82, 2.24) is 4.31 Å². The normalized spacial score (nSPS) is 32.2. The molecule has 0 unspecified atom stereocenters. The van der Waals surface area contributed by atoms with Gasteiger partial charge >= 0.3 is 5.97 Å². The van der Waals surface area contributed by atoms with Crippen LogP contribution in [0.1, 0.15) is 32.1 Å². The third kappa shape index (κ3) is 2.63. The first-order valence-electron chi connectivity index (χ1n) is 5.99. The van der Waals surface area contributed by atoms with Crippen molar-refractivity contribution >= 4 is 16.0 Å². The Balaban J connectivity index is 2.04. The molecule has 0 saturated heterocycles. The second kappa shape index (κ2) is 4.24. The number of nitrogens with zero attached hydrogens (tertiary/aromatic N) is 1. The number of hydrogen-bond acceptors (Lipinski definition) is 3. The summed E-state index contributed by atoms with van der Waals surface area (Å²) in [6, 6.07) is 0. The minimum Gasteiger partial charge on any atom is -0.480 e. The second-order valence-electron chi connectivity index (χ2n) is 5.55. The van der Waals surface area contributed by atoms with Crippen LogP contribution in [-0.2, 0) is 14.8 Å². The van der Waals surface area contributed by atoms with Crippen LogP contribution in [0.5, 0.6) is 0 Å². The fourth-order valence-electron chi connectivity index (χ4n) is 3.30. The zero-order valence-corrected chi connectivity index (χ0v) is 10.9.